The highest BCUT2D eigenvalue weighted by Crippen LogP contribution is 2.22. The molecule has 0 unspecified atom stereocenters. The summed E-state index contributed by atoms with van der Waals surface area (Å²) in [7, 11) is -3.63. The average molecular weight is 395 g/mol. The van der Waals surface area contributed by atoms with Gasteiger partial charge in [0.2, 0.25) is 15.9 Å². The molecule has 0 aliphatic carbocycles. The van der Waals surface area contributed by atoms with Gasteiger partial charge in [-0.15, -0.1) is 0 Å². The third-order valence-electron chi connectivity index (χ3n) is 3.91. The van der Waals surface area contributed by atoms with Crippen LogP contribution in [0.4, 0.5) is 5.69 Å². The van der Waals surface area contributed by atoms with Gasteiger partial charge >= 0.3 is 0 Å². The Morgan fingerprint density at radius 1 is 1.08 bits per heavy atom. The fourth-order valence-corrected chi connectivity index (χ4v) is 3.61. The van der Waals surface area contributed by atoms with Crippen LogP contribution < -0.4 is 4.31 Å². The number of halogens is 1. The van der Waals surface area contributed by atoms with Gasteiger partial charge in [0.15, 0.2) is 0 Å². The van der Waals surface area contributed by atoms with Crippen LogP contribution in [-0.4, -0.2) is 38.1 Å². The van der Waals surface area contributed by atoms with E-state index in [-0.39, 0.29) is 18.5 Å². The van der Waals surface area contributed by atoms with Crippen molar-refractivity contribution in [2.45, 2.75) is 26.4 Å². The molecule has 2 rings (SSSR count). The van der Waals surface area contributed by atoms with Gasteiger partial charge < -0.3 is 4.90 Å². The van der Waals surface area contributed by atoms with Crippen LogP contribution in [0.5, 0.6) is 0 Å². The van der Waals surface area contributed by atoms with Crippen molar-refractivity contribution >= 4 is 33.2 Å². The van der Waals surface area contributed by atoms with Gasteiger partial charge in [0.1, 0.15) is 6.54 Å². The average Bonchev–Trinajstić information content (AvgIpc) is 2.57. The topological polar surface area (TPSA) is 57.7 Å². The molecule has 2 aromatic rings. The lowest BCUT2D eigenvalue weighted by atomic mass is 10.2. The third-order valence-corrected chi connectivity index (χ3v) is 5.29. The van der Waals surface area contributed by atoms with E-state index in [0.29, 0.717) is 17.3 Å². The molecule has 0 spiro atoms. The molecule has 0 N–H and O–H groups in total. The van der Waals surface area contributed by atoms with Crippen LogP contribution in [0.15, 0.2) is 54.6 Å². The number of anilines is 1. The summed E-state index contributed by atoms with van der Waals surface area (Å²) < 4.78 is 25.6. The van der Waals surface area contributed by atoms with Gasteiger partial charge in [-0.3, -0.25) is 9.10 Å². The van der Waals surface area contributed by atoms with Gasteiger partial charge in [-0.2, -0.15) is 0 Å². The number of hydrogen-bond acceptors (Lipinski definition) is 3. The van der Waals surface area contributed by atoms with Gasteiger partial charge in [-0.25, -0.2) is 8.42 Å². The first-order valence-corrected chi connectivity index (χ1v) is 10.5. The fraction of sp³-hybridized carbons (Fsp3) is 0.316. The first-order chi connectivity index (χ1) is 12.2. The molecule has 0 saturated carbocycles. The molecule has 0 bridgehead atoms. The summed E-state index contributed by atoms with van der Waals surface area (Å²) >= 11 is 5.98. The van der Waals surface area contributed by atoms with E-state index in [0.717, 1.165) is 16.1 Å². The van der Waals surface area contributed by atoms with Crippen LogP contribution in [0.25, 0.3) is 0 Å². The maximum atomic E-state index is 12.9. The second-order valence-electron chi connectivity index (χ2n) is 6.35. The Kier molecular flexibility index (Phi) is 6.67. The lowest BCUT2D eigenvalue weighted by Gasteiger charge is -2.30. The van der Waals surface area contributed by atoms with E-state index in [1.807, 2.05) is 44.2 Å². The smallest absolute Gasteiger partial charge is 0.243 e. The molecule has 5 nitrogen and oxygen atoms in total. The number of carbonyl (C=O) groups excluding carboxylic acids is 1. The van der Waals surface area contributed by atoms with E-state index in [4.69, 9.17) is 11.6 Å². The molecule has 0 aromatic heterocycles. The number of rotatable bonds is 7. The summed E-state index contributed by atoms with van der Waals surface area (Å²) in [4.78, 5) is 14.6. The van der Waals surface area contributed by atoms with Gasteiger partial charge in [0, 0.05) is 17.6 Å². The molecule has 2 aromatic carbocycles. The van der Waals surface area contributed by atoms with Crippen molar-refractivity contribution in [1.82, 2.24) is 4.90 Å². The third kappa shape index (κ3) is 5.47. The number of carbonyl (C=O) groups is 1. The van der Waals surface area contributed by atoms with Crippen LogP contribution in [-0.2, 0) is 21.4 Å². The zero-order chi connectivity index (χ0) is 19.3. The van der Waals surface area contributed by atoms with E-state index in [1.165, 1.54) is 6.07 Å². The number of hydrogen-bond donors (Lipinski definition) is 0. The highest BCUT2D eigenvalue weighted by molar-refractivity contribution is 7.92. The predicted molar refractivity (Wildman–Crippen MR) is 106 cm³/mol. The maximum Gasteiger partial charge on any atom is 0.243 e. The van der Waals surface area contributed by atoms with Crippen molar-refractivity contribution in [3.63, 3.8) is 0 Å². The Hall–Kier alpha value is -2.05. The van der Waals surface area contributed by atoms with E-state index in [1.54, 1.807) is 23.1 Å². The summed E-state index contributed by atoms with van der Waals surface area (Å²) in [5, 5.41) is 0.411. The summed E-state index contributed by atoms with van der Waals surface area (Å²) in [6.45, 7) is 3.96. The van der Waals surface area contributed by atoms with Crippen molar-refractivity contribution in [2.24, 2.45) is 0 Å². The molecule has 0 aliphatic rings. The van der Waals surface area contributed by atoms with E-state index < -0.39 is 10.0 Å². The number of benzene rings is 2. The van der Waals surface area contributed by atoms with E-state index in [9.17, 15) is 13.2 Å². The van der Waals surface area contributed by atoms with Crippen molar-refractivity contribution in [2.75, 3.05) is 17.1 Å². The zero-order valence-corrected chi connectivity index (χ0v) is 16.7. The molecule has 0 atom stereocenters. The van der Waals surface area contributed by atoms with Gasteiger partial charge in [-0.1, -0.05) is 48.0 Å². The van der Waals surface area contributed by atoms with Crippen molar-refractivity contribution in [3.8, 4) is 0 Å². The summed E-state index contributed by atoms with van der Waals surface area (Å²) in [5.74, 6) is -0.269. The maximum absolute atomic E-state index is 12.9. The van der Waals surface area contributed by atoms with Crippen LogP contribution in [0.3, 0.4) is 0 Å². The standard InChI is InChI=1S/C19H23ClN2O3S/c1-15(2)21(13-16-8-5-4-6-9-16)19(23)14-22(26(3,24)25)18-11-7-10-17(20)12-18/h4-12,15H,13-14H2,1-3H3. The minimum Gasteiger partial charge on any atom is -0.334 e. The Morgan fingerprint density at radius 3 is 2.27 bits per heavy atom. The van der Waals surface area contributed by atoms with Crippen LogP contribution in [0.1, 0.15) is 19.4 Å². The minimum atomic E-state index is -3.63. The monoisotopic (exact) mass is 394 g/mol. The molecule has 7 heteroatoms. The Morgan fingerprint density at radius 2 is 1.73 bits per heavy atom. The molecule has 0 heterocycles. The highest BCUT2D eigenvalue weighted by atomic mass is 35.5. The predicted octanol–water partition coefficient (Wildman–Crippen LogP) is 3.54. The first-order valence-electron chi connectivity index (χ1n) is 8.25. The highest BCUT2D eigenvalue weighted by Gasteiger charge is 2.25. The van der Waals surface area contributed by atoms with Gasteiger partial charge in [-0.05, 0) is 37.6 Å². The summed E-state index contributed by atoms with van der Waals surface area (Å²) in [5.41, 5.74) is 1.36. The first kappa shape index (κ1) is 20.3. The second-order valence-corrected chi connectivity index (χ2v) is 8.69. The Labute approximate surface area is 160 Å². The molecule has 0 fully saturated rings. The quantitative estimate of drug-likeness (QED) is 0.721. The SMILES string of the molecule is CC(C)N(Cc1ccccc1)C(=O)CN(c1cccc(Cl)c1)S(C)(=O)=O. The molecular weight excluding hydrogens is 372 g/mol. The summed E-state index contributed by atoms with van der Waals surface area (Å²) in [6.07, 6.45) is 1.08. The second kappa shape index (κ2) is 8.56. The number of nitrogens with zero attached hydrogens (tertiary/aromatic N) is 2. The zero-order valence-electron chi connectivity index (χ0n) is 15.1. The largest absolute Gasteiger partial charge is 0.334 e. The molecule has 0 radical (unpaired) electrons. The van der Waals surface area contributed by atoms with Crippen LogP contribution in [0.2, 0.25) is 5.02 Å². The van der Waals surface area contributed by atoms with Crippen molar-refractivity contribution < 1.29 is 13.2 Å². The Balaban J connectivity index is 2.26. The molecular formula is C19H23ClN2O3S. The van der Waals surface area contributed by atoms with Crippen LogP contribution >= 0.6 is 11.6 Å². The normalized spacial score (nSPS) is 11.4. The van der Waals surface area contributed by atoms with E-state index >= 15 is 0 Å². The molecule has 26 heavy (non-hydrogen) atoms. The number of amides is 1. The fourth-order valence-electron chi connectivity index (χ4n) is 2.58. The lowest BCUT2D eigenvalue weighted by molar-refractivity contribution is -0.131. The van der Waals surface area contributed by atoms with Crippen molar-refractivity contribution in [3.05, 3.63) is 65.2 Å². The summed E-state index contributed by atoms with van der Waals surface area (Å²) in [6, 6.07) is 16.0. The number of sulfonamides is 1. The van der Waals surface area contributed by atoms with Crippen molar-refractivity contribution in [1.29, 1.82) is 0 Å². The molecule has 0 saturated heterocycles. The van der Waals surface area contributed by atoms with Crippen LogP contribution in [0, 0.1) is 0 Å². The van der Waals surface area contributed by atoms with Gasteiger partial charge in [0.25, 0.3) is 0 Å². The molecule has 140 valence electrons. The minimum absolute atomic E-state index is 0.0662. The molecule has 1 amide bonds. The van der Waals surface area contributed by atoms with Gasteiger partial charge in [0.05, 0.1) is 11.9 Å². The Bertz CT molecular complexity index is 854. The molecule has 0 aliphatic heterocycles. The lowest BCUT2D eigenvalue weighted by Crippen LogP contribution is -2.45. The van der Waals surface area contributed by atoms with E-state index in [2.05, 4.69) is 0 Å².